The Bertz CT molecular complexity index is 630. The molecule has 22 heavy (non-hydrogen) atoms. The first-order chi connectivity index (χ1) is 10.0. The molecule has 0 bridgehead atoms. The number of H-pyrrole nitrogens is 1. The molecular weight excluding hydrogens is 305 g/mol. The lowest BCUT2D eigenvalue weighted by Crippen LogP contribution is -2.04. The number of Topliss-reactive ketones (excluding diaryl/α,β-unsaturated/α-hetero) is 1. The average molecular weight is 326 g/mol. The van der Waals surface area contributed by atoms with Gasteiger partial charge in [0.2, 0.25) is 0 Å². The van der Waals surface area contributed by atoms with Crippen LogP contribution in [-0.2, 0) is 0 Å². The van der Waals surface area contributed by atoms with Crippen LogP contribution in [0.4, 0.5) is 4.39 Å². The number of rotatable bonds is 4. The van der Waals surface area contributed by atoms with Crippen molar-refractivity contribution >= 4 is 23.2 Å². The van der Waals surface area contributed by atoms with Crippen molar-refractivity contribution < 1.29 is 14.0 Å². The largest absolute Gasteiger partial charge is 0.358 e. The minimum Gasteiger partial charge on any atom is -0.358 e. The molecule has 1 N–H and O–H groups in total. The van der Waals surface area contributed by atoms with Gasteiger partial charge in [0.05, 0.1) is 16.3 Å². The van der Waals surface area contributed by atoms with Crippen LogP contribution >= 0.6 is 11.6 Å². The fourth-order valence-corrected chi connectivity index (χ4v) is 1.98. The van der Waals surface area contributed by atoms with Gasteiger partial charge in [-0.05, 0) is 18.2 Å². The topological polar surface area (TPSA) is 49.9 Å². The number of carbonyl (C=O) groups is 2. The van der Waals surface area contributed by atoms with Crippen molar-refractivity contribution in [2.24, 2.45) is 0 Å². The van der Waals surface area contributed by atoms with Gasteiger partial charge in [0.15, 0.2) is 11.6 Å². The molecule has 0 saturated carbocycles. The number of halogens is 2. The van der Waals surface area contributed by atoms with Gasteiger partial charge in [-0.2, -0.15) is 0 Å². The highest BCUT2D eigenvalue weighted by Crippen LogP contribution is 2.22. The van der Waals surface area contributed by atoms with Gasteiger partial charge < -0.3 is 4.98 Å². The molecule has 0 atom stereocenters. The Hall–Kier alpha value is -1.94. The van der Waals surface area contributed by atoms with Crippen LogP contribution in [0.3, 0.4) is 0 Å². The molecule has 0 radical (unpaired) electrons. The van der Waals surface area contributed by atoms with E-state index in [9.17, 15) is 14.0 Å². The summed E-state index contributed by atoms with van der Waals surface area (Å²) in [5.74, 6) is -1.34. The molecule has 0 saturated heterocycles. The first-order valence-corrected chi connectivity index (χ1v) is 7.12. The van der Waals surface area contributed by atoms with Crippen LogP contribution in [0.1, 0.15) is 61.0 Å². The van der Waals surface area contributed by atoms with Gasteiger partial charge in [0.1, 0.15) is 5.82 Å². The summed E-state index contributed by atoms with van der Waals surface area (Å²) in [7, 11) is 0. The lowest BCUT2D eigenvalue weighted by molar-refractivity contribution is 0.0983. The van der Waals surface area contributed by atoms with Crippen LogP contribution in [0, 0.1) is 5.82 Å². The Kier molecular flexibility index (Phi) is 8.35. The van der Waals surface area contributed by atoms with Gasteiger partial charge in [-0.25, -0.2) is 4.39 Å². The monoisotopic (exact) mass is 325 g/mol. The Balaban J connectivity index is 0.00000141. The molecule has 1 heterocycles. The van der Waals surface area contributed by atoms with E-state index >= 15 is 0 Å². The van der Waals surface area contributed by atoms with E-state index in [4.69, 9.17) is 11.6 Å². The molecule has 1 aromatic carbocycles. The van der Waals surface area contributed by atoms with Crippen molar-refractivity contribution in [1.29, 1.82) is 0 Å². The van der Waals surface area contributed by atoms with Crippen molar-refractivity contribution in [1.82, 2.24) is 4.98 Å². The third-order valence-corrected chi connectivity index (χ3v) is 3.07. The predicted molar refractivity (Wildman–Crippen MR) is 88.3 cm³/mol. The van der Waals surface area contributed by atoms with Crippen molar-refractivity contribution in [3.8, 4) is 0 Å². The summed E-state index contributed by atoms with van der Waals surface area (Å²) in [5.41, 5.74) is 0.362. The third-order valence-electron chi connectivity index (χ3n) is 2.76. The molecule has 0 unspecified atom stereocenters. The first-order valence-electron chi connectivity index (χ1n) is 6.75. The Labute approximate surface area is 135 Å². The number of nitrogens with one attached hydrogen (secondary N) is 1. The number of aromatic amines is 1. The van der Waals surface area contributed by atoms with Gasteiger partial charge in [-0.3, -0.25) is 9.59 Å². The van der Waals surface area contributed by atoms with E-state index < -0.39 is 11.6 Å². The maximum Gasteiger partial charge on any atom is 0.199 e. The standard InChI is InChI=1S/C14H11ClFNO2.C2H6.CH4/c1-2-12(18)11-6-8(7-17-11)14(19)13-9(15)4-3-5-10(13)16;1-2;/h3-7,17H,2H2,1H3;1-2H3;1H4. The molecule has 3 nitrogen and oxygen atoms in total. The van der Waals surface area contributed by atoms with Crippen LogP contribution in [-0.4, -0.2) is 16.6 Å². The van der Waals surface area contributed by atoms with Gasteiger partial charge in [0, 0.05) is 18.2 Å². The summed E-state index contributed by atoms with van der Waals surface area (Å²) >= 11 is 5.83. The Morgan fingerprint density at radius 1 is 1.27 bits per heavy atom. The van der Waals surface area contributed by atoms with Crippen molar-refractivity contribution in [3.63, 3.8) is 0 Å². The van der Waals surface area contributed by atoms with Crippen molar-refractivity contribution in [3.05, 3.63) is 58.1 Å². The highest BCUT2D eigenvalue weighted by Gasteiger charge is 2.19. The lowest BCUT2D eigenvalue weighted by Gasteiger charge is -2.02. The number of benzene rings is 1. The molecule has 0 amide bonds. The highest BCUT2D eigenvalue weighted by atomic mass is 35.5. The van der Waals surface area contributed by atoms with Crippen LogP contribution in [0.15, 0.2) is 30.5 Å². The molecule has 5 heteroatoms. The lowest BCUT2D eigenvalue weighted by atomic mass is 10.0. The van der Waals surface area contributed by atoms with E-state index in [2.05, 4.69) is 4.98 Å². The van der Waals surface area contributed by atoms with Crippen LogP contribution in [0.2, 0.25) is 5.02 Å². The van der Waals surface area contributed by atoms with Crippen LogP contribution < -0.4 is 0 Å². The number of hydrogen-bond donors (Lipinski definition) is 1. The van der Waals surface area contributed by atoms with E-state index in [1.807, 2.05) is 13.8 Å². The molecular formula is C17H21ClFNO2. The zero-order valence-corrected chi connectivity index (χ0v) is 12.9. The quantitative estimate of drug-likeness (QED) is 0.776. The molecule has 120 valence electrons. The molecule has 2 rings (SSSR count). The molecule has 0 aliphatic heterocycles. The maximum atomic E-state index is 13.6. The van der Waals surface area contributed by atoms with E-state index in [1.165, 1.54) is 30.5 Å². The van der Waals surface area contributed by atoms with Crippen LogP contribution in [0.5, 0.6) is 0 Å². The number of carbonyl (C=O) groups excluding carboxylic acids is 2. The summed E-state index contributed by atoms with van der Waals surface area (Å²) in [6, 6.07) is 5.46. The van der Waals surface area contributed by atoms with Crippen molar-refractivity contribution in [2.75, 3.05) is 0 Å². The summed E-state index contributed by atoms with van der Waals surface area (Å²) in [4.78, 5) is 26.3. The summed E-state index contributed by atoms with van der Waals surface area (Å²) in [5, 5.41) is 0.0505. The summed E-state index contributed by atoms with van der Waals surface area (Å²) in [6.07, 6.45) is 1.71. The average Bonchev–Trinajstić information content (AvgIpc) is 2.98. The number of aromatic nitrogens is 1. The van der Waals surface area contributed by atoms with E-state index in [0.29, 0.717) is 12.1 Å². The first kappa shape index (κ1) is 20.1. The molecule has 0 spiro atoms. The second-order valence-corrected chi connectivity index (χ2v) is 4.41. The van der Waals surface area contributed by atoms with Gasteiger partial charge in [0.25, 0.3) is 0 Å². The number of ketones is 2. The maximum absolute atomic E-state index is 13.6. The zero-order valence-electron chi connectivity index (χ0n) is 12.2. The SMILES string of the molecule is C.CC.CCC(=O)c1cc(C(=O)c2c(F)cccc2Cl)c[nH]1. The Morgan fingerprint density at radius 3 is 2.45 bits per heavy atom. The highest BCUT2D eigenvalue weighted by molar-refractivity contribution is 6.35. The molecule has 2 aromatic rings. The third kappa shape index (κ3) is 4.28. The summed E-state index contributed by atoms with van der Waals surface area (Å²) < 4.78 is 13.6. The minimum atomic E-state index is -0.679. The molecule has 0 fully saturated rings. The smallest absolute Gasteiger partial charge is 0.199 e. The second-order valence-electron chi connectivity index (χ2n) is 4.00. The van der Waals surface area contributed by atoms with Gasteiger partial charge in [-0.1, -0.05) is 45.9 Å². The molecule has 1 aromatic heterocycles. The van der Waals surface area contributed by atoms with E-state index in [-0.39, 0.29) is 29.4 Å². The van der Waals surface area contributed by atoms with Gasteiger partial charge >= 0.3 is 0 Å². The Morgan fingerprint density at radius 2 is 1.91 bits per heavy atom. The van der Waals surface area contributed by atoms with E-state index in [0.717, 1.165) is 0 Å². The van der Waals surface area contributed by atoms with E-state index in [1.54, 1.807) is 6.92 Å². The summed E-state index contributed by atoms with van der Waals surface area (Å²) in [6.45, 7) is 5.72. The fraction of sp³-hybridized carbons (Fsp3) is 0.294. The zero-order chi connectivity index (χ0) is 16.0. The van der Waals surface area contributed by atoms with Crippen LogP contribution in [0.25, 0.3) is 0 Å². The molecule has 0 aliphatic carbocycles. The molecule has 0 aliphatic rings. The predicted octanol–water partition coefficient (Wildman–Crippen LogP) is 5.29. The normalized spacial score (nSPS) is 9.32. The minimum absolute atomic E-state index is 0. The second kappa shape index (κ2) is 9.15. The van der Waals surface area contributed by atoms with Crippen molar-refractivity contribution in [2.45, 2.75) is 34.6 Å². The van der Waals surface area contributed by atoms with Gasteiger partial charge in [-0.15, -0.1) is 0 Å². The number of hydrogen-bond acceptors (Lipinski definition) is 2. The fourth-order valence-electron chi connectivity index (χ4n) is 1.74.